The Morgan fingerprint density at radius 3 is 2.77 bits per heavy atom. The molecule has 138 valence electrons. The van der Waals surface area contributed by atoms with Gasteiger partial charge in [0, 0.05) is 6.04 Å². The third kappa shape index (κ3) is 5.73. The lowest BCUT2D eigenvalue weighted by Crippen LogP contribution is -2.35. The monoisotopic (exact) mass is 370 g/mol. The van der Waals surface area contributed by atoms with Gasteiger partial charge in [-0.3, -0.25) is 9.89 Å². The summed E-state index contributed by atoms with van der Waals surface area (Å²) in [6.45, 7) is 2.08. The maximum atomic E-state index is 12.1. The van der Waals surface area contributed by atoms with Crippen LogP contribution in [0.15, 0.2) is 29.4 Å². The summed E-state index contributed by atoms with van der Waals surface area (Å²) in [4.78, 5) is 16.6. The number of rotatable bonds is 6. The van der Waals surface area contributed by atoms with Crippen molar-refractivity contribution in [3.8, 4) is 0 Å². The fourth-order valence-corrected chi connectivity index (χ4v) is 3.78. The van der Waals surface area contributed by atoms with E-state index in [1.54, 1.807) is 0 Å². The molecule has 1 aliphatic carbocycles. The third-order valence-electron chi connectivity index (χ3n) is 4.64. The van der Waals surface area contributed by atoms with Crippen LogP contribution in [0.5, 0.6) is 0 Å². The number of thioether (sulfide) groups is 1. The van der Waals surface area contributed by atoms with Gasteiger partial charge in [-0.05, 0) is 37.0 Å². The van der Waals surface area contributed by atoms with Gasteiger partial charge in [0.25, 0.3) is 0 Å². The van der Waals surface area contributed by atoms with Gasteiger partial charge in [-0.15, -0.1) is 5.10 Å². The fourth-order valence-electron chi connectivity index (χ4n) is 3.16. The number of carbonyl (C=O) groups excluding carboxylic acids is 1. The Labute approximate surface area is 159 Å². The SMILES string of the molecule is Cc1ccccc1C=Cc1nc(SCC(=O)NC2CCCCCC2)n[nH]1. The van der Waals surface area contributed by atoms with Crippen LogP contribution in [0.3, 0.4) is 0 Å². The number of nitrogens with zero attached hydrogens (tertiary/aromatic N) is 2. The maximum absolute atomic E-state index is 12.1. The molecule has 1 fully saturated rings. The molecule has 1 aromatic carbocycles. The van der Waals surface area contributed by atoms with Gasteiger partial charge in [0.05, 0.1) is 5.75 Å². The molecule has 5 nitrogen and oxygen atoms in total. The molecule has 0 aliphatic heterocycles. The molecule has 1 aromatic heterocycles. The number of aryl methyl sites for hydroxylation is 1. The Hall–Kier alpha value is -2.08. The zero-order valence-corrected chi connectivity index (χ0v) is 16.0. The van der Waals surface area contributed by atoms with E-state index in [2.05, 4.69) is 39.6 Å². The van der Waals surface area contributed by atoms with Crippen molar-refractivity contribution in [1.82, 2.24) is 20.5 Å². The molecule has 1 saturated carbocycles. The van der Waals surface area contributed by atoms with Gasteiger partial charge in [0.1, 0.15) is 5.82 Å². The quantitative estimate of drug-likeness (QED) is 0.590. The molecule has 0 unspecified atom stereocenters. The summed E-state index contributed by atoms with van der Waals surface area (Å²) < 4.78 is 0. The van der Waals surface area contributed by atoms with E-state index in [4.69, 9.17) is 0 Å². The van der Waals surface area contributed by atoms with Crippen molar-refractivity contribution in [3.05, 3.63) is 41.2 Å². The number of aromatic amines is 1. The maximum Gasteiger partial charge on any atom is 0.230 e. The zero-order valence-electron chi connectivity index (χ0n) is 15.2. The number of nitrogens with one attached hydrogen (secondary N) is 2. The molecule has 0 radical (unpaired) electrons. The van der Waals surface area contributed by atoms with Gasteiger partial charge in [-0.2, -0.15) is 0 Å². The Morgan fingerprint density at radius 2 is 2.00 bits per heavy atom. The largest absolute Gasteiger partial charge is 0.353 e. The molecule has 1 aliphatic rings. The van der Waals surface area contributed by atoms with Gasteiger partial charge in [-0.1, -0.05) is 67.8 Å². The van der Waals surface area contributed by atoms with E-state index in [-0.39, 0.29) is 5.91 Å². The number of benzene rings is 1. The number of hydrogen-bond donors (Lipinski definition) is 2. The first-order valence-corrected chi connectivity index (χ1v) is 10.3. The van der Waals surface area contributed by atoms with E-state index in [0.29, 0.717) is 22.8 Å². The van der Waals surface area contributed by atoms with Crippen molar-refractivity contribution >= 4 is 29.8 Å². The van der Waals surface area contributed by atoms with Gasteiger partial charge < -0.3 is 5.32 Å². The molecule has 2 N–H and O–H groups in total. The Morgan fingerprint density at radius 1 is 1.23 bits per heavy atom. The first kappa shape index (κ1) is 18.7. The van der Waals surface area contributed by atoms with Crippen LogP contribution in [0.4, 0.5) is 0 Å². The summed E-state index contributed by atoms with van der Waals surface area (Å²) in [5, 5.41) is 10.8. The van der Waals surface area contributed by atoms with Crippen molar-refractivity contribution in [2.45, 2.75) is 56.6 Å². The second kappa shape index (κ2) is 9.57. The zero-order chi connectivity index (χ0) is 18.2. The smallest absolute Gasteiger partial charge is 0.230 e. The normalized spacial score (nSPS) is 15.9. The average molecular weight is 371 g/mol. The van der Waals surface area contributed by atoms with Crippen molar-refractivity contribution in [1.29, 1.82) is 0 Å². The number of H-pyrrole nitrogens is 1. The minimum atomic E-state index is 0.0729. The van der Waals surface area contributed by atoms with Crippen molar-refractivity contribution < 1.29 is 4.79 Å². The van der Waals surface area contributed by atoms with Crippen LogP contribution in [0, 0.1) is 6.92 Å². The summed E-state index contributed by atoms with van der Waals surface area (Å²) in [7, 11) is 0. The lowest BCUT2D eigenvalue weighted by Gasteiger charge is -2.15. The highest BCUT2D eigenvalue weighted by Crippen LogP contribution is 2.18. The van der Waals surface area contributed by atoms with Gasteiger partial charge in [0.15, 0.2) is 0 Å². The summed E-state index contributed by atoms with van der Waals surface area (Å²) >= 11 is 1.37. The Bertz CT molecular complexity index is 748. The highest BCUT2D eigenvalue weighted by molar-refractivity contribution is 7.99. The summed E-state index contributed by atoms with van der Waals surface area (Å²) in [6, 6.07) is 8.52. The van der Waals surface area contributed by atoms with Crippen LogP contribution in [-0.2, 0) is 4.79 Å². The number of hydrogen-bond acceptors (Lipinski definition) is 4. The summed E-state index contributed by atoms with van der Waals surface area (Å²) in [5.74, 6) is 1.12. The molecule has 0 spiro atoms. The molecule has 3 rings (SSSR count). The van der Waals surface area contributed by atoms with Gasteiger partial charge in [0.2, 0.25) is 11.1 Å². The van der Waals surface area contributed by atoms with E-state index in [1.807, 2.05) is 24.3 Å². The Balaban J connectivity index is 1.47. The molecule has 6 heteroatoms. The van der Waals surface area contributed by atoms with Crippen molar-refractivity contribution in [2.75, 3.05) is 5.75 Å². The van der Waals surface area contributed by atoms with Crippen molar-refractivity contribution in [2.24, 2.45) is 0 Å². The predicted octanol–water partition coefficient (Wildman–Crippen LogP) is 4.21. The highest BCUT2D eigenvalue weighted by atomic mass is 32.2. The lowest BCUT2D eigenvalue weighted by molar-refractivity contribution is -0.119. The topological polar surface area (TPSA) is 70.7 Å². The van der Waals surface area contributed by atoms with Crippen LogP contribution in [0.2, 0.25) is 0 Å². The minimum Gasteiger partial charge on any atom is -0.353 e. The summed E-state index contributed by atoms with van der Waals surface area (Å²) in [5.41, 5.74) is 2.37. The second-order valence-corrected chi connectivity index (χ2v) is 7.68. The molecule has 0 atom stereocenters. The summed E-state index contributed by atoms with van der Waals surface area (Å²) in [6.07, 6.45) is 11.1. The minimum absolute atomic E-state index is 0.0729. The fraction of sp³-hybridized carbons (Fsp3) is 0.450. The molecular weight excluding hydrogens is 344 g/mol. The highest BCUT2D eigenvalue weighted by Gasteiger charge is 2.15. The lowest BCUT2D eigenvalue weighted by atomic mass is 10.1. The first-order chi connectivity index (χ1) is 12.7. The second-order valence-electron chi connectivity index (χ2n) is 6.74. The molecule has 1 heterocycles. The number of amides is 1. The molecule has 1 amide bonds. The molecule has 2 aromatic rings. The van der Waals surface area contributed by atoms with E-state index in [0.717, 1.165) is 18.4 Å². The van der Waals surface area contributed by atoms with E-state index in [1.165, 1.54) is 43.0 Å². The predicted molar refractivity (Wildman–Crippen MR) is 107 cm³/mol. The standard InChI is InChI=1S/C20H26N4OS/c1-15-8-6-7-9-16(15)12-13-18-22-20(24-23-18)26-14-19(25)21-17-10-4-2-3-5-11-17/h6-9,12-13,17H,2-5,10-11,14H2,1H3,(H,21,25)(H,22,23,24). The molecule has 26 heavy (non-hydrogen) atoms. The van der Waals surface area contributed by atoms with Gasteiger partial charge in [-0.25, -0.2) is 4.98 Å². The van der Waals surface area contributed by atoms with E-state index < -0.39 is 0 Å². The third-order valence-corrected chi connectivity index (χ3v) is 5.49. The number of carbonyl (C=O) groups is 1. The average Bonchev–Trinajstić information content (AvgIpc) is 2.94. The van der Waals surface area contributed by atoms with Crippen LogP contribution in [-0.4, -0.2) is 32.9 Å². The van der Waals surface area contributed by atoms with Crippen LogP contribution >= 0.6 is 11.8 Å². The van der Waals surface area contributed by atoms with Crippen LogP contribution in [0.1, 0.15) is 55.5 Å². The first-order valence-electron chi connectivity index (χ1n) is 9.29. The molecule has 0 saturated heterocycles. The molecular formula is C20H26N4OS. The van der Waals surface area contributed by atoms with Crippen LogP contribution < -0.4 is 5.32 Å². The van der Waals surface area contributed by atoms with Crippen molar-refractivity contribution in [3.63, 3.8) is 0 Å². The van der Waals surface area contributed by atoms with Crippen LogP contribution in [0.25, 0.3) is 12.2 Å². The molecule has 0 bridgehead atoms. The number of aromatic nitrogens is 3. The van der Waals surface area contributed by atoms with Gasteiger partial charge >= 0.3 is 0 Å². The van der Waals surface area contributed by atoms with E-state index in [9.17, 15) is 4.79 Å². The van der Waals surface area contributed by atoms with E-state index >= 15 is 0 Å². The Kier molecular flexibility index (Phi) is 6.89.